The molecule has 2 atom stereocenters. The summed E-state index contributed by atoms with van der Waals surface area (Å²) in [5.74, 6) is 1.71. The Morgan fingerprint density at radius 2 is 2.05 bits per heavy atom. The van der Waals surface area contributed by atoms with Gasteiger partial charge in [-0.05, 0) is 43.9 Å². The third-order valence-electron chi connectivity index (χ3n) is 8.30. The maximum absolute atomic E-state index is 14.9. The first-order valence-corrected chi connectivity index (χ1v) is 14.6. The van der Waals surface area contributed by atoms with Crippen LogP contribution in [0.2, 0.25) is 0 Å². The maximum Gasteiger partial charge on any atom is 0.255 e. The van der Waals surface area contributed by atoms with Gasteiger partial charge in [-0.15, -0.1) is 0 Å². The maximum atomic E-state index is 14.9. The van der Waals surface area contributed by atoms with Gasteiger partial charge in [-0.1, -0.05) is 0 Å². The summed E-state index contributed by atoms with van der Waals surface area (Å²) in [4.78, 5) is 28.6. The van der Waals surface area contributed by atoms with Crippen LogP contribution in [-0.4, -0.2) is 66.8 Å². The van der Waals surface area contributed by atoms with Gasteiger partial charge in [0.25, 0.3) is 5.91 Å². The number of nitrogens with zero attached hydrogens (tertiary/aromatic N) is 6. The van der Waals surface area contributed by atoms with Crippen LogP contribution in [0.1, 0.15) is 41.6 Å². The lowest BCUT2D eigenvalue weighted by Crippen LogP contribution is -2.45. The molecule has 1 aromatic carbocycles. The van der Waals surface area contributed by atoms with Gasteiger partial charge in [-0.3, -0.25) is 4.79 Å². The zero-order chi connectivity index (χ0) is 29.8. The zero-order valence-corrected chi connectivity index (χ0v) is 24.1. The second-order valence-electron chi connectivity index (χ2n) is 11.8. The number of oxazole rings is 1. The largest absolute Gasteiger partial charge is 0.488 e. The molecule has 2 N–H and O–H groups in total. The fraction of sp³-hybridized carbons (Fsp3) is 0.419. The third-order valence-corrected chi connectivity index (χ3v) is 8.30. The Hall–Kier alpha value is -4.32. The smallest absolute Gasteiger partial charge is 0.255 e. The molecule has 0 bridgehead atoms. The van der Waals surface area contributed by atoms with Crippen molar-refractivity contribution in [2.24, 2.45) is 18.7 Å². The van der Waals surface area contributed by atoms with E-state index in [9.17, 15) is 13.6 Å². The van der Waals surface area contributed by atoms with Crippen molar-refractivity contribution in [2.45, 2.75) is 51.3 Å². The van der Waals surface area contributed by atoms with Crippen molar-refractivity contribution >= 4 is 28.0 Å². The summed E-state index contributed by atoms with van der Waals surface area (Å²) < 4.78 is 43.8. The summed E-state index contributed by atoms with van der Waals surface area (Å²) in [6.45, 7) is 2.55. The van der Waals surface area contributed by atoms with Gasteiger partial charge in [0.15, 0.2) is 17.9 Å². The van der Waals surface area contributed by atoms with Crippen LogP contribution in [-0.2, 0) is 26.4 Å². The molecule has 10 nitrogen and oxygen atoms in total. The van der Waals surface area contributed by atoms with E-state index in [0.717, 1.165) is 30.6 Å². The molecule has 43 heavy (non-hydrogen) atoms. The monoisotopic (exact) mass is 589 g/mol. The Balaban J connectivity index is 1.30. The minimum atomic E-state index is -0.721. The molecule has 2 aliphatic rings. The summed E-state index contributed by atoms with van der Waals surface area (Å²) in [5, 5.41) is 0.715. The lowest BCUT2D eigenvalue weighted by Gasteiger charge is -2.29. The SMILES string of the molecule is CC(Cc1cnco1)Oc1cc(F)cc2cc(-c3nc4cc5c(nc4n3C)CCN(CC(N)CF)C5=O)n(CC3CC3)c12. The number of imidazole rings is 1. The molecule has 1 fully saturated rings. The minimum Gasteiger partial charge on any atom is -0.488 e. The molecule has 7 rings (SSSR count). The van der Waals surface area contributed by atoms with Crippen LogP contribution < -0.4 is 10.5 Å². The van der Waals surface area contributed by atoms with Crippen molar-refractivity contribution in [1.29, 1.82) is 0 Å². The van der Waals surface area contributed by atoms with Gasteiger partial charge in [-0.2, -0.15) is 0 Å². The number of aromatic nitrogens is 5. The lowest BCUT2D eigenvalue weighted by molar-refractivity contribution is 0.0723. The number of halogens is 2. The topological polar surface area (TPSA) is 117 Å². The van der Waals surface area contributed by atoms with Crippen LogP contribution in [0.5, 0.6) is 5.75 Å². The van der Waals surface area contributed by atoms with E-state index in [0.29, 0.717) is 70.4 Å². The quantitative estimate of drug-likeness (QED) is 0.256. The van der Waals surface area contributed by atoms with Gasteiger partial charge >= 0.3 is 0 Å². The zero-order valence-electron chi connectivity index (χ0n) is 24.1. The van der Waals surface area contributed by atoms with Crippen LogP contribution in [0.3, 0.4) is 0 Å². The first-order chi connectivity index (χ1) is 20.8. The summed E-state index contributed by atoms with van der Waals surface area (Å²) >= 11 is 0. The predicted octanol–water partition coefficient (Wildman–Crippen LogP) is 4.43. The highest BCUT2D eigenvalue weighted by Gasteiger charge is 2.30. The summed E-state index contributed by atoms with van der Waals surface area (Å²) in [7, 11) is 1.90. The number of carbonyl (C=O) groups excluding carboxylic acids is 1. The van der Waals surface area contributed by atoms with Gasteiger partial charge in [-0.25, -0.2) is 23.7 Å². The second-order valence-corrected chi connectivity index (χ2v) is 11.8. The summed E-state index contributed by atoms with van der Waals surface area (Å²) in [5.41, 5.74) is 9.80. The van der Waals surface area contributed by atoms with E-state index in [1.165, 1.54) is 18.5 Å². The number of amides is 1. The van der Waals surface area contributed by atoms with Crippen LogP contribution in [0.25, 0.3) is 33.6 Å². The summed E-state index contributed by atoms with van der Waals surface area (Å²) in [6.07, 6.45) is 6.03. The van der Waals surface area contributed by atoms with Crippen molar-refractivity contribution in [3.8, 4) is 17.3 Å². The van der Waals surface area contributed by atoms with E-state index in [4.69, 9.17) is 24.9 Å². The normalized spacial score (nSPS) is 16.7. The van der Waals surface area contributed by atoms with Crippen molar-refractivity contribution in [3.63, 3.8) is 0 Å². The third kappa shape index (κ3) is 5.13. The van der Waals surface area contributed by atoms with E-state index < -0.39 is 12.7 Å². The van der Waals surface area contributed by atoms with Crippen LogP contribution >= 0.6 is 0 Å². The van der Waals surface area contributed by atoms with Crippen LogP contribution in [0, 0.1) is 11.7 Å². The van der Waals surface area contributed by atoms with Gasteiger partial charge in [0, 0.05) is 51.0 Å². The standard InChI is InChI=1S/C31H33F2N7O3/c1-17(7-22-13-35-16-42-22)43-27-10-20(33)8-19-9-26(40(28(19)27)14-18-3-4-18)30-37-25-11-23-24(36-29(25)38(30)2)5-6-39(31(23)41)15-21(34)12-32/h8-11,13,16-18,21H,3-7,12,14-15,34H2,1-2H3. The van der Waals surface area contributed by atoms with E-state index in [1.807, 2.05) is 24.6 Å². The van der Waals surface area contributed by atoms with Gasteiger partial charge in [0.2, 0.25) is 0 Å². The average molecular weight is 590 g/mol. The van der Waals surface area contributed by atoms with Crippen LogP contribution in [0.15, 0.2) is 41.3 Å². The lowest BCUT2D eigenvalue weighted by atomic mass is 10.0. The number of alkyl halides is 1. The van der Waals surface area contributed by atoms with Gasteiger partial charge < -0.3 is 28.9 Å². The molecule has 0 spiro atoms. The fourth-order valence-electron chi connectivity index (χ4n) is 6.02. The Morgan fingerprint density at radius 1 is 1.21 bits per heavy atom. The number of pyridine rings is 1. The Labute approximate surface area is 246 Å². The van der Waals surface area contributed by atoms with E-state index >= 15 is 0 Å². The van der Waals surface area contributed by atoms with Crippen molar-refractivity contribution in [2.75, 3.05) is 19.8 Å². The number of aryl methyl sites for hydroxylation is 1. The molecule has 0 saturated heterocycles. The number of fused-ring (bicyclic) bond motifs is 3. The van der Waals surface area contributed by atoms with Crippen molar-refractivity contribution < 1.29 is 22.7 Å². The minimum absolute atomic E-state index is 0.152. The average Bonchev–Trinajstić information content (AvgIpc) is 3.36. The molecule has 4 aromatic heterocycles. The van der Waals surface area contributed by atoms with Crippen molar-refractivity contribution in [1.82, 2.24) is 29.0 Å². The molecule has 0 radical (unpaired) electrons. The van der Waals surface area contributed by atoms with Gasteiger partial charge in [0.1, 0.15) is 35.6 Å². The highest BCUT2D eigenvalue weighted by molar-refractivity contribution is 5.99. The number of ether oxygens (including phenoxy) is 1. The highest BCUT2D eigenvalue weighted by Crippen LogP contribution is 2.40. The number of carbonyl (C=O) groups is 1. The molecule has 224 valence electrons. The Bertz CT molecular complexity index is 1830. The van der Waals surface area contributed by atoms with Crippen LogP contribution in [0.4, 0.5) is 8.78 Å². The Kier molecular flexibility index (Phi) is 6.88. The number of rotatable bonds is 10. The van der Waals surface area contributed by atoms with E-state index in [2.05, 4.69) is 9.55 Å². The molecule has 1 saturated carbocycles. The summed E-state index contributed by atoms with van der Waals surface area (Å²) in [6, 6.07) is 5.94. The predicted molar refractivity (Wildman–Crippen MR) is 156 cm³/mol. The fourth-order valence-corrected chi connectivity index (χ4v) is 6.02. The molecule has 1 amide bonds. The molecule has 2 unspecified atom stereocenters. The first kappa shape index (κ1) is 27.5. The van der Waals surface area contributed by atoms with E-state index in [1.54, 1.807) is 17.2 Å². The number of hydrogen-bond donors (Lipinski definition) is 1. The molecule has 5 heterocycles. The van der Waals surface area contributed by atoms with E-state index in [-0.39, 0.29) is 24.4 Å². The molecular formula is C31H33F2N7O3. The second kappa shape index (κ2) is 10.7. The first-order valence-electron chi connectivity index (χ1n) is 14.6. The molecule has 1 aliphatic heterocycles. The molecule has 12 heteroatoms. The molecular weight excluding hydrogens is 556 g/mol. The number of hydrogen-bond acceptors (Lipinski definition) is 7. The molecule has 1 aliphatic carbocycles. The van der Waals surface area contributed by atoms with Gasteiger partial charge in [0.05, 0.1) is 34.7 Å². The Morgan fingerprint density at radius 3 is 2.79 bits per heavy atom. The number of benzene rings is 1. The number of nitrogens with two attached hydrogens (primary N) is 1. The highest BCUT2D eigenvalue weighted by atomic mass is 19.1. The van der Waals surface area contributed by atoms with Crippen molar-refractivity contribution in [3.05, 3.63) is 59.7 Å². The molecule has 5 aromatic rings.